The lowest BCUT2D eigenvalue weighted by Crippen LogP contribution is -2.04. The lowest BCUT2D eigenvalue weighted by atomic mass is 10.2. The minimum Gasteiger partial charge on any atom is -0.481 e. The Hall–Kier alpha value is -1.46. The Morgan fingerprint density at radius 1 is 1.47 bits per heavy atom. The normalized spacial score (nSPS) is 10.7. The van der Waals surface area contributed by atoms with Crippen molar-refractivity contribution < 1.29 is 9.90 Å². The highest BCUT2D eigenvalue weighted by atomic mass is 35.5. The van der Waals surface area contributed by atoms with Crippen molar-refractivity contribution in [2.75, 3.05) is 5.75 Å². The maximum atomic E-state index is 10.7. The Balaban J connectivity index is 2.46. The van der Waals surface area contributed by atoms with E-state index in [2.05, 4.69) is 4.98 Å². The van der Waals surface area contributed by atoms with E-state index in [1.54, 1.807) is 6.20 Å². The van der Waals surface area contributed by atoms with Crippen molar-refractivity contribution in [3.63, 3.8) is 0 Å². The van der Waals surface area contributed by atoms with E-state index in [0.29, 0.717) is 10.2 Å². The minimum absolute atomic E-state index is 0.0178. The van der Waals surface area contributed by atoms with Crippen molar-refractivity contribution in [2.24, 2.45) is 0 Å². The fourth-order valence-corrected chi connectivity index (χ4v) is 2.68. The molecule has 0 aliphatic heterocycles. The first kappa shape index (κ1) is 14.0. The third kappa shape index (κ3) is 3.11. The molecule has 0 aliphatic carbocycles. The molecular weight excluding hydrogens is 284 g/mol. The zero-order valence-corrected chi connectivity index (χ0v) is 12.1. The molecule has 1 aromatic heterocycles. The van der Waals surface area contributed by atoms with E-state index in [-0.39, 0.29) is 5.75 Å². The summed E-state index contributed by atoms with van der Waals surface area (Å²) in [4.78, 5) is 14.9. The molecule has 0 spiro atoms. The zero-order chi connectivity index (χ0) is 14.0. The number of carboxylic acids is 1. The Morgan fingerprint density at radius 3 is 2.89 bits per heavy atom. The molecule has 4 nitrogen and oxygen atoms in total. The van der Waals surface area contributed by atoms with Gasteiger partial charge < -0.3 is 5.11 Å². The van der Waals surface area contributed by atoms with Crippen LogP contribution in [0.15, 0.2) is 29.6 Å². The largest absolute Gasteiger partial charge is 0.481 e. The summed E-state index contributed by atoms with van der Waals surface area (Å²) in [5.41, 5.74) is 2.93. The Morgan fingerprint density at radius 2 is 2.21 bits per heavy atom. The van der Waals surface area contributed by atoms with Crippen molar-refractivity contribution in [2.45, 2.75) is 19.0 Å². The molecular formula is C13H13ClN2O2S. The zero-order valence-electron chi connectivity index (χ0n) is 10.6. The number of nitrogens with zero attached hydrogens (tertiary/aromatic N) is 2. The summed E-state index contributed by atoms with van der Waals surface area (Å²) in [7, 11) is 0. The van der Waals surface area contributed by atoms with Crippen molar-refractivity contribution in [1.29, 1.82) is 0 Å². The number of imidazole rings is 1. The lowest BCUT2D eigenvalue weighted by Gasteiger charge is -2.12. The minimum atomic E-state index is -0.861. The highest BCUT2D eigenvalue weighted by Crippen LogP contribution is 2.27. The van der Waals surface area contributed by atoms with Gasteiger partial charge in [0, 0.05) is 16.9 Å². The number of carbonyl (C=O) groups is 1. The second-order valence-corrected chi connectivity index (χ2v) is 5.51. The molecule has 19 heavy (non-hydrogen) atoms. The molecule has 0 saturated heterocycles. The molecule has 0 fully saturated rings. The van der Waals surface area contributed by atoms with Crippen molar-refractivity contribution >= 4 is 29.3 Å². The van der Waals surface area contributed by atoms with Crippen LogP contribution in [0.5, 0.6) is 0 Å². The van der Waals surface area contributed by atoms with Gasteiger partial charge in [0.05, 0.1) is 11.4 Å². The van der Waals surface area contributed by atoms with Crippen LogP contribution >= 0.6 is 23.4 Å². The molecule has 0 unspecified atom stereocenters. The third-order valence-electron chi connectivity index (χ3n) is 2.64. The van der Waals surface area contributed by atoms with Crippen molar-refractivity contribution in [1.82, 2.24) is 9.55 Å². The van der Waals surface area contributed by atoms with Crippen LogP contribution in [-0.2, 0) is 4.79 Å². The third-order valence-corrected chi connectivity index (χ3v) is 3.82. The number of thioether (sulfide) groups is 1. The topological polar surface area (TPSA) is 55.1 Å². The molecule has 0 bridgehead atoms. The van der Waals surface area contributed by atoms with Crippen LogP contribution in [0.2, 0.25) is 5.02 Å². The standard InChI is InChI=1S/C13H13ClN2O2S/c1-8-3-4-10(14)5-11(8)16-9(2)6-15-13(16)19-7-12(17)18/h3-6H,7H2,1-2H3,(H,17,18). The van der Waals surface area contributed by atoms with Crippen LogP contribution in [0.3, 0.4) is 0 Å². The van der Waals surface area contributed by atoms with E-state index in [1.807, 2.05) is 36.6 Å². The summed E-state index contributed by atoms with van der Waals surface area (Å²) >= 11 is 7.23. The number of aryl methyl sites for hydroxylation is 2. The van der Waals surface area contributed by atoms with E-state index < -0.39 is 5.97 Å². The van der Waals surface area contributed by atoms with Gasteiger partial charge in [0.15, 0.2) is 5.16 Å². The maximum absolute atomic E-state index is 10.7. The summed E-state index contributed by atoms with van der Waals surface area (Å²) in [5, 5.41) is 10.1. The molecule has 0 atom stereocenters. The molecule has 1 N–H and O–H groups in total. The SMILES string of the molecule is Cc1ccc(Cl)cc1-n1c(C)cnc1SCC(=O)O. The summed E-state index contributed by atoms with van der Waals surface area (Å²) in [6.07, 6.45) is 1.73. The van der Waals surface area contributed by atoms with Crippen LogP contribution in [0.1, 0.15) is 11.3 Å². The average molecular weight is 297 g/mol. The quantitative estimate of drug-likeness (QED) is 0.879. The van der Waals surface area contributed by atoms with Gasteiger partial charge in [0.2, 0.25) is 0 Å². The van der Waals surface area contributed by atoms with Crippen molar-refractivity contribution in [3.05, 3.63) is 40.7 Å². The molecule has 0 amide bonds. The van der Waals surface area contributed by atoms with E-state index in [4.69, 9.17) is 16.7 Å². The van der Waals surface area contributed by atoms with E-state index in [1.165, 1.54) is 11.8 Å². The van der Waals surface area contributed by atoms with Gasteiger partial charge in [-0.05, 0) is 31.5 Å². The molecule has 0 aliphatic rings. The van der Waals surface area contributed by atoms with Gasteiger partial charge in [0.1, 0.15) is 0 Å². The first-order chi connectivity index (χ1) is 8.99. The first-order valence-electron chi connectivity index (χ1n) is 5.64. The van der Waals surface area contributed by atoms with Gasteiger partial charge >= 0.3 is 5.97 Å². The van der Waals surface area contributed by atoms with E-state index in [9.17, 15) is 4.79 Å². The molecule has 2 aromatic rings. The van der Waals surface area contributed by atoms with Crippen LogP contribution in [-0.4, -0.2) is 26.4 Å². The fourth-order valence-electron chi connectivity index (χ4n) is 1.76. The van der Waals surface area contributed by atoms with Gasteiger partial charge in [0.25, 0.3) is 0 Å². The van der Waals surface area contributed by atoms with Gasteiger partial charge in [-0.2, -0.15) is 0 Å². The highest BCUT2D eigenvalue weighted by molar-refractivity contribution is 7.99. The van der Waals surface area contributed by atoms with E-state index in [0.717, 1.165) is 16.9 Å². The fraction of sp³-hybridized carbons (Fsp3) is 0.231. The average Bonchev–Trinajstić information content (AvgIpc) is 2.71. The van der Waals surface area contributed by atoms with Crippen molar-refractivity contribution in [3.8, 4) is 5.69 Å². The van der Waals surface area contributed by atoms with Gasteiger partial charge in [-0.25, -0.2) is 4.98 Å². The highest BCUT2D eigenvalue weighted by Gasteiger charge is 2.13. The summed E-state index contributed by atoms with van der Waals surface area (Å²) in [6.45, 7) is 3.91. The molecule has 2 rings (SSSR count). The second-order valence-electron chi connectivity index (χ2n) is 4.13. The second kappa shape index (κ2) is 5.67. The lowest BCUT2D eigenvalue weighted by molar-refractivity contribution is -0.133. The number of aromatic nitrogens is 2. The number of aliphatic carboxylic acids is 1. The van der Waals surface area contributed by atoms with Gasteiger partial charge in [-0.3, -0.25) is 9.36 Å². The number of hydrogen-bond acceptors (Lipinski definition) is 3. The van der Waals surface area contributed by atoms with Crippen LogP contribution < -0.4 is 0 Å². The molecule has 1 heterocycles. The number of rotatable bonds is 4. The predicted octanol–water partition coefficient (Wildman–Crippen LogP) is 3.32. The Kier molecular flexibility index (Phi) is 4.17. The Bertz CT molecular complexity index is 625. The smallest absolute Gasteiger partial charge is 0.313 e. The maximum Gasteiger partial charge on any atom is 0.313 e. The van der Waals surface area contributed by atoms with Gasteiger partial charge in [-0.15, -0.1) is 0 Å². The van der Waals surface area contributed by atoms with E-state index >= 15 is 0 Å². The molecule has 100 valence electrons. The first-order valence-corrected chi connectivity index (χ1v) is 7.01. The molecule has 0 saturated carbocycles. The summed E-state index contributed by atoms with van der Waals surface area (Å²) < 4.78 is 1.93. The summed E-state index contributed by atoms with van der Waals surface area (Å²) in [5.74, 6) is -0.879. The number of benzene rings is 1. The van der Waals surface area contributed by atoms with Crippen LogP contribution in [0, 0.1) is 13.8 Å². The molecule has 6 heteroatoms. The number of hydrogen-bond donors (Lipinski definition) is 1. The van der Waals surface area contributed by atoms with Crippen LogP contribution in [0.25, 0.3) is 5.69 Å². The Labute approximate surface area is 120 Å². The van der Waals surface area contributed by atoms with Crippen LogP contribution in [0.4, 0.5) is 0 Å². The number of halogens is 1. The summed E-state index contributed by atoms with van der Waals surface area (Å²) in [6, 6.07) is 5.62. The predicted molar refractivity (Wildman–Crippen MR) is 76.4 cm³/mol. The molecule has 0 radical (unpaired) electrons. The number of carboxylic acid groups (broad SMARTS) is 1. The monoisotopic (exact) mass is 296 g/mol. The molecule has 1 aromatic carbocycles. The van der Waals surface area contributed by atoms with Gasteiger partial charge in [-0.1, -0.05) is 29.4 Å².